The van der Waals surface area contributed by atoms with Crippen LogP contribution < -0.4 is 5.32 Å². The highest BCUT2D eigenvalue weighted by Crippen LogP contribution is 2.24. The lowest BCUT2D eigenvalue weighted by molar-refractivity contribution is -0.0260. The van der Waals surface area contributed by atoms with Crippen molar-refractivity contribution in [2.24, 2.45) is 0 Å². The number of hydrogen-bond donors (Lipinski definition) is 2. The molecule has 0 radical (unpaired) electrons. The van der Waals surface area contributed by atoms with E-state index in [-0.39, 0.29) is 19.5 Å². The van der Waals surface area contributed by atoms with Crippen LogP contribution in [0, 0.1) is 6.92 Å². The number of carbonyl (C=O) groups excluding carboxylic acids is 1. The second-order valence-electron chi connectivity index (χ2n) is 6.88. The van der Waals surface area contributed by atoms with E-state index in [0.29, 0.717) is 22.1 Å². The maximum absolute atomic E-state index is 12.2. The Morgan fingerprint density at radius 2 is 1.97 bits per heavy atom. The van der Waals surface area contributed by atoms with Crippen LogP contribution in [-0.2, 0) is 15.9 Å². The van der Waals surface area contributed by atoms with Crippen LogP contribution in [0.15, 0.2) is 48.5 Å². The van der Waals surface area contributed by atoms with E-state index in [4.69, 9.17) is 21.1 Å². The largest absolute Gasteiger partial charge is 0.435 e. The minimum Gasteiger partial charge on any atom is -0.435 e. The number of anilines is 1. The molecule has 0 amide bonds. The molecule has 0 spiro atoms. The number of esters is 1. The fraction of sp³-hybridized carbons (Fsp3) is 0.227. The van der Waals surface area contributed by atoms with Crippen molar-refractivity contribution in [1.82, 2.24) is 19.8 Å². The maximum atomic E-state index is 12.2. The summed E-state index contributed by atoms with van der Waals surface area (Å²) in [6.07, 6.45) is 0.765. The third-order valence-electron chi connectivity index (χ3n) is 4.82. The van der Waals surface area contributed by atoms with E-state index in [2.05, 4.69) is 20.5 Å². The van der Waals surface area contributed by atoms with Gasteiger partial charge >= 0.3 is 5.97 Å². The van der Waals surface area contributed by atoms with E-state index in [1.165, 1.54) is 0 Å². The summed E-state index contributed by atoms with van der Waals surface area (Å²) in [7, 11) is 0. The molecular formula is C22H22ClN5O3. The van der Waals surface area contributed by atoms with Crippen LogP contribution in [0.3, 0.4) is 0 Å². The van der Waals surface area contributed by atoms with Crippen LogP contribution in [0.5, 0.6) is 0 Å². The number of fused-ring (bicyclic) bond motifs is 1. The normalized spacial score (nSPS) is 11.1. The van der Waals surface area contributed by atoms with Crippen LogP contribution in [-0.4, -0.2) is 39.3 Å². The second-order valence-corrected chi connectivity index (χ2v) is 7.26. The summed E-state index contributed by atoms with van der Waals surface area (Å²) in [5.41, 5.74) is 4.65. The number of aryl methyl sites for hydroxylation is 2. The van der Waals surface area contributed by atoms with Gasteiger partial charge in [0, 0.05) is 11.3 Å². The zero-order valence-corrected chi connectivity index (χ0v) is 17.9. The van der Waals surface area contributed by atoms with Crippen molar-refractivity contribution in [3.63, 3.8) is 0 Å². The first-order valence-corrected chi connectivity index (χ1v) is 10.2. The molecule has 0 atom stereocenters. The number of hydrogen-bond acceptors (Lipinski definition) is 6. The molecule has 9 heteroatoms. The third-order valence-corrected chi connectivity index (χ3v) is 5.27. The number of benzene rings is 2. The highest BCUT2D eigenvalue weighted by Gasteiger charge is 2.13. The van der Waals surface area contributed by atoms with E-state index in [0.717, 1.165) is 28.9 Å². The first-order valence-electron chi connectivity index (χ1n) is 9.84. The molecule has 2 N–H and O–H groups in total. The molecular weight excluding hydrogens is 418 g/mol. The molecule has 4 aromatic rings. The Labute approximate surface area is 184 Å². The van der Waals surface area contributed by atoms with Crippen molar-refractivity contribution in [3.8, 4) is 11.4 Å². The van der Waals surface area contributed by atoms with Crippen molar-refractivity contribution in [1.29, 1.82) is 0 Å². The Balaban J connectivity index is 1.26. The van der Waals surface area contributed by atoms with Crippen molar-refractivity contribution in [2.75, 3.05) is 18.8 Å². The summed E-state index contributed by atoms with van der Waals surface area (Å²) < 4.78 is 12.1. The minimum absolute atomic E-state index is 0.132. The highest BCUT2D eigenvalue weighted by atomic mass is 35.5. The average molecular weight is 440 g/mol. The number of rotatable bonds is 8. The van der Waals surface area contributed by atoms with Gasteiger partial charge in [0.05, 0.1) is 11.3 Å². The zero-order valence-electron chi connectivity index (χ0n) is 17.2. The summed E-state index contributed by atoms with van der Waals surface area (Å²) in [5, 5.41) is 11.1. The molecule has 2 aromatic carbocycles. The Morgan fingerprint density at radius 1 is 1.19 bits per heavy atom. The molecule has 160 valence electrons. The number of H-pyrrole nitrogens is 1. The van der Waals surface area contributed by atoms with E-state index < -0.39 is 0 Å². The lowest BCUT2D eigenvalue weighted by atomic mass is 10.1. The quantitative estimate of drug-likeness (QED) is 0.239. The van der Waals surface area contributed by atoms with Gasteiger partial charge in [0.25, 0.3) is 0 Å². The van der Waals surface area contributed by atoms with Crippen LogP contribution in [0.4, 0.5) is 5.69 Å². The second kappa shape index (κ2) is 9.20. The van der Waals surface area contributed by atoms with Crippen LogP contribution in [0.25, 0.3) is 17.0 Å². The first-order chi connectivity index (χ1) is 15.1. The van der Waals surface area contributed by atoms with Crippen LogP contribution in [0.1, 0.15) is 28.5 Å². The summed E-state index contributed by atoms with van der Waals surface area (Å²) in [5.74, 6) is 0.191. The van der Waals surface area contributed by atoms with Gasteiger partial charge in [0.2, 0.25) is 0 Å². The first kappa shape index (κ1) is 20.9. The fourth-order valence-electron chi connectivity index (χ4n) is 3.14. The Kier molecular flexibility index (Phi) is 6.20. The molecule has 0 fully saturated rings. The standard InChI is InChI=1S/C22H22ClN5O3/c1-3-15-6-4-5-7-18(15)22(29)31-13-30-12-24-17-10-8-16(9-11-17)20-25-21-19(23)14(2)26-28(21)27-20/h4-11,24,26H,3,12-13H2,1-2H3. The van der Waals surface area contributed by atoms with Gasteiger partial charge in [-0.1, -0.05) is 36.7 Å². The van der Waals surface area contributed by atoms with Crippen molar-refractivity contribution in [2.45, 2.75) is 20.3 Å². The monoisotopic (exact) mass is 439 g/mol. The molecule has 0 aliphatic heterocycles. The van der Waals surface area contributed by atoms with Gasteiger partial charge in [0.1, 0.15) is 11.8 Å². The number of halogens is 1. The Bertz CT molecular complexity index is 1200. The van der Waals surface area contributed by atoms with E-state index >= 15 is 0 Å². The summed E-state index contributed by atoms with van der Waals surface area (Å²) in [4.78, 5) is 16.6. The molecule has 0 saturated heterocycles. The number of aromatic amines is 1. The lowest BCUT2D eigenvalue weighted by Crippen LogP contribution is -2.14. The van der Waals surface area contributed by atoms with E-state index in [1.54, 1.807) is 10.7 Å². The zero-order chi connectivity index (χ0) is 21.8. The van der Waals surface area contributed by atoms with Gasteiger partial charge in [-0.15, -0.1) is 5.10 Å². The minimum atomic E-state index is -0.388. The van der Waals surface area contributed by atoms with E-state index in [1.807, 2.05) is 56.3 Å². The summed E-state index contributed by atoms with van der Waals surface area (Å²) >= 11 is 6.21. The maximum Gasteiger partial charge on any atom is 0.340 e. The van der Waals surface area contributed by atoms with Crippen molar-refractivity contribution >= 4 is 28.9 Å². The molecule has 0 unspecified atom stereocenters. The van der Waals surface area contributed by atoms with Gasteiger partial charge in [-0.3, -0.25) is 5.10 Å². The van der Waals surface area contributed by atoms with Gasteiger partial charge < -0.3 is 14.8 Å². The summed E-state index contributed by atoms with van der Waals surface area (Å²) in [6, 6.07) is 15.0. The smallest absolute Gasteiger partial charge is 0.340 e. The molecule has 0 aliphatic carbocycles. The molecule has 4 rings (SSSR count). The Hall–Kier alpha value is -3.36. The highest BCUT2D eigenvalue weighted by molar-refractivity contribution is 6.34. The lowest BCUT2D eigenvalue weighted by Gasteiger charge is -2.10. The SMILES string of the molecule is CCc1ccccc1C(=O)OCOCNc1ccc(-c2nc3c(Cl)c(C)[nH]n3n2)cc1. The number of nitrogens with one attached hydrogen (secondary N) is 2. The molecule has 2 aromatic heterocycles. The average Bonchev–Trinajstić information content (AvgIpc) is 3.32. The van der Waals surface area contributed by atoms with Gasteiger partial charge in [-0.25, -0.2) is 9.78 Å². The number of nitrogens with zero attached hydrogens (tertiary/aromatic N) is 3. The number of carbonyl (C=O) groups is 1. The molecule has 31 heavy (non-hydrogen) atoms. The van der Waals surface area contributed by atoms with E-state index in [9.17, 15) is 4.79 Å². The summed E-state index contributed by atoms with van der Waals surface area (Å²) in [6.45, 7) is 3.93. The predicted molar refractivity (Wildman–Crippen MR) is 118 cm³/mol. The Morgan fingerprint density at radius 3 is 2.71 bits per heavy atom. The van der Waals surface area contributed by atoms with Crippen molar-refractivity contribution < 1.29 is 14.3 Å². The molecule has 8 nitrogen and oxygen atoms in total. The van der Waals surface area contributed by atoms with Gasteiger partial charge in [0.15, 0.2) is 18.3 Å². The van der Waals surface area contributed by atoms with Crippen molar-refractivity contribution in [3.05, 3.63) is 70.4 Å². The van der Waals surface area contributed by atoms with Gasteiger partial charge in [-0.05, 0) is 49.2 Å². The molecule has 0 aliphatic rings. The molecule has 0 saturated carbocycles. The molecule has 0 bridgehead atoms. The number of ether oxygens (including phenoxy) is 2. The molecule has 2 heterocycles. The van der Waals surface area contributed by atoms with Crippen LogP contribution in [0.2, 0.25) is 5.02 Å². The van der Waals surface area contributed by atoms with Gasteiger partial charge in [-0.2, -0.15) is 4.63 Å². The van der Waals surface area contributed by atoms with Crippen LogP contribution >= 0.6 is 11.6 Å². The third kappa shape index (κ3) is 4.55. The number of aromatic nitrogens is 4. The topological polar surface area (TPSA) is 93.5 Å². The predicted octanol–water partition coefficient (Wildman–Crippen LogP) is 4.45. The fourth-order valence-corrected chi connectivity index (χ4v) is 3.31.